The molecule has 0 aromatic rings. The molecule has 102 valence electrons. The lowest BCUT2D eigenvalue weighted by Gasteiger charge is -2.46. The average molecular weight is 242 g/mol. The SMILES string of the molecule is CCCCC(NCC)C(C)(C)N1CCOCC1. The third kappa shape index (κ3) is 4.23. The first-order valence-corrected chi connectivity index (χ1v) is 7.19. The van der Waals surface area contributed by atoms with E-state index in [2.05, 4.69) is 37.9 Å². The molecular weight excluding hydrogens is 212 g/mol. The fourth-order valence-corrected chi connectivity index (χ4v) is 2.72. The predicted molar refractivity (Wildman–Crippen MR) is 73.5 cm³/mol. The van der Waals surface area contributed by atoms with Gasteiger partial charge in [0.25, 0.3) is 0 Å². The summed E-state index contributed by atoms with van der Waals surface area (Å²) in [4.78, 5) is 2.58. The smallest absolute Gasteiger partial charge is 0.0594 e. The molecule has 3 nitrogen and oxygen atoms in total. The summed E-state index contributed by atoms with van der Waals surface area (Å²) in [5.74, 6) is 0. The number of hydrogen-bond donors (Lipinski definition) is 1. The zero-order valence-corrected chi connectivity index (χ0v) is 12.1. The number of nitrogens with zero attached hydrogens (tertiary/aromatic N) is 1. The van der Waals surface area contributed by atoms with Crippen molar-refractivity contribution in [2.75, 3.05) is 32.8 Å². The van der Waals surface area contributed by atoms with Gasteiger partial charge < -0.3 is 10.1 Å². The molecule has 1 saturated heterocycles. The fourth-order valence-electron chi connectivity index (χ4n) is 2.72. The monoisotopic (exact) mass is 242 g/mol. The maximum atomic E-state index is 5.45. The predicted octanol–water partition coefficient (Wildman–Crippen LogP) is 2.27. The number of likely N-dealkylation sites (N-methyl/N-ethyl adjacent to an activating group) is 1. The number of hydrogen-bond acceptors (Lipinski definition) is 3. The van der Waals surface area contributed by atoms with Crippen LogP contribution in [0.25, 0.3) is 0 Å². The van der Waals surface area contributed by atoms with Crippen LogP contribution in [0.3, 0.4) is 0 Å². The van der Waals surface area contributed by atoms with Gasteiger partial charge in [-0.15, -0.1) is 0 Å². The average Bonchev–Trinajstić information content (AvgIpc) is 2.35. The fraction of sp³-hybridized carbons (Fsp3) is 1.00. The Hall–Kier alpha value is -0.120. The van der Waals surface area contributed by atoms with E-state index in [0.717, 1.165) is 32.8 Å². The van der Waals surface area contributed by atoms with Gasteiger partial charge in [-0.05, 0) is 26.8 Å². The van der Waals surface area contributed by atoms with Crippen LogP contribution in [0, 0.1) is 0 Å². The molecule has 0 spiro atoms. The van der Waals surface area contributed by atoms with E-state index < -0.39 is 0 Å². The lowest BCUT2D eigenvalue weighted by molar-refractivity contribution is -0.0244. The Labute approximate surface area is 107 Å². The molecule has 0 aromatic heterocycles. The minimum absolute atomic E-state index is 0.231. The van der Waals surface area contributed by atoms with Crippen LogP contribution in [-0.4, -0.2) is 49.3 Å². The Morgan fingerprint density at radius 1 is 1.24 bits per heavy atom. The van der Waals surface area contributed by atoms with E-state index in [-0.39, 0.29) is 5.54 Å². The molecule has 1 heterocycles. The lowest BCUT2D eigenvalue weighted by Crippen LogP contribution is -2.60. The molecule has 0 bridgehead atoms. The zero-order valence-electron chi connectivity index (χ0n) is 12.1. The van der Waals surface area contributed by atoms with Gasteiger partial charge in [-0.3, -0.25) is 4.90 Å². The van der Waals surface area contributed by atoms with Gasteiger partial charge in [0.15, 0.2) is 0 Å². The molecule has 0 aliphatic carbocycles. The van der Waals surface area contributed by atoms with E-state index in [4.69, 9.17) is 4.74 Å². The van der Waals surface area contributed by atoms with E-state index in [1.165, 1.54) is 19.3 Å². The maximum absolute atomic E-state index is 5.45. The quantitative estimate of drug-likeness (QED) is 0.741. The van der Waals surface area contributed by atoms with Gasteiger partial charge in [-0.25, -0.2) is 0 Å². The highest BCUT2D eigenvalue weighted by atomic mass is 16.5. The Balaban J connectivity index is 2.60. The van der Waals surface area contributed by atoms with Crippen molar-refractivity contribution in [1.29, 1.82) is 0 Å². The molecule has 1 aliphatic rings. The molecule has 0 aromatic carbocycles. The second-order valence-corrected chi connectivity index (χ2v) is 5.51. The van der Waals surface area contributed by atoms with Crippen molar-refractivity contribution in [3.05, 3.63) is 0 Å². The first kappa shape index (κ1) is 14.9. The minimum atomic E-state index is 0.231. The summed E-state index contributed by atoms with van der Waals surface area (Å²) in [5.41, 5.74) is 0.231. The van der Waals surface area contributed by atoms with E-state index in [0.29, 0.717) is 6.04 Å². The summed E-state index contributed by atoms with van der Waals surface area (Å²) in [6, 6.07) is 0.588. The highest BCUT2D eigenvalue weighted by molar-refractivity contribution is 4.94. The summed E-state index contributed by atoms with van der Waals surface area (Å²) < 4.78 is 5.45. The minimum Gasteiger partial charge on any atom is -0.379 e. The summed E-state index contributed by atoms with van der Waals surface area (Å²) in [7, 11) is 0. The molecule has 0 saturated carbocycles. The van der Waals surface area contributed by atoms with Crippen molar-refractivity contribution in [2.45, 2.75) is 58.5 Å². The van der Waals surface area contributed by atoms with E-state index >= 15 is 0 Å². The normalized spacial score (nSPS) is 20.5. The summed E-state index contributed by atoms with van der Waals surface area (Å²) >= 11 is 0. The second kappa shape index (κ2) is 7.34. The molecule has 1 atom stereocenters. The van der Waals surface area contributed by atoms with Gasteiger partial charge in [0.05, 0.1) is 13.2 Å². The number of morpholine rings is 1. The van der Waals surface area contributed by atoms with Crippen molar-refractivity contribution in [3.8, 4) is 0 Å². The van der Waals surface area contributed by atoms with Gasteiger partial charge in [-0.2, -0.15) is 0 Å². The van der Waals surface area contributed by atoms with Crippen molar-refractivity contribution < 1.29 is 4.74 Å². The Bertz CT molecular complexity index is 200. The lowest BCUT2D eigenvalue weighted by atomic mass is 9.88. The summed E-state index contributed by atoms with van der Waals surface area (Å²) in [6.45, 7) is 14.2. The van der Waals surface area contributed by atoms with Gasteiger partial charge >= 0.3 is 0 Å². The highest BCUT2D eigenvalue weighted by Gasteiger charge is 2.35. The van der Waals surface area contributed by atoms with Crippen LogP contribution < -0.4 is 5.32 Å². The molecule has 1 unspecified atom stereocenters. The molecule has 1 N–H and O–H groups in total. The van der Waals surface area contributed by atoms with E-state index in [1.807, 2.05) is 0 Å². The van der Waals surface area contributed by atoms with E-state index in [9.17, 15) is 0 Å². The first-order chi connectivity index (χ1) is 8.12. The topological polar surface area (TPSA) is 24.5 Å². The first-order valence-electron chi connectivity index (χ1n) is 7.19. The molecule has 1 aliphatic heterocycles. The number of unbranched alkanes of at least 4 members (excludes halogenated alkanes) is 1. The van der Waals surface area contributed by atoms with Crippen LogP contribution in [0.2, 0.25) is 0 Å². The van der Waals surface area contributed by atoms with Crippen LogP contribution in [0.1, 0.15) is 47.0 Å². The second-order valence-electron chi connectivity index (χ2n) is 5.51. The van der Waals surface area contributed by atoms with Crippen molar-refractivity contribution in [1.82, 2.24) is 10.2 Å². The van der Waals surface area contributed by atoms with Crippen molar-refractivity contribution >= 4 is 0 Å². The number of nitrogens with one attached hydrogen (secondary N) is 1. The molecule has 3 heteroatoms. The molecule has 17 heavy (non-hydrogen) atoms. The number of ether oxygens (including phenoxy) is 1. The third-order valence-electron chi connectivity index (χ3n) is 3.98. The standard InChI is InChI=1S/C14H30N2O/c1-5-7-8-13(15-6-2)14(3,4)16-9-11-17-12-10-16/h13,15H,5-12H2,1-4H3. The Morgan fingerprint density at radius 2 is 1.88 bits per heavy atom. The Morgan fingerprint density at radius 3 is 2.41 bits per heavy atom. The van der Waals surface area contributed by atoms with Crippen molar-refractivity contribution in [3.63, 3.8) is 0 Å². The number of rotatable bonds is 7. The van der Waals surface area contributed by atoms with Crippen LogP contribution in [0.5, 0.6) is 0 Å². The van der Waals surface area contributed by atoms with Crippen LogP contribution in [-0.2, 0) is 4.74 Å². The van der Waals surface area contributed by atoms with E-state index in [1.54, 1.807) is 0 Å². The molecule has 0 amide bonds. The van der Waals surface area contributed by atoms with Crippen molar-refractivity contribution in [2.24, 2.45) is 0 Å². The van der Waals surface area contributed by atoms with Crippen LogP contribution >= 0.6 is 0 Å². The summed E-state index contributed by atoms with van der Waals surface area (Å²) in [6.07, 6.45) is 3.86. The van der Waals surface area contributed by atoms with Crippen LogP contribution in [0.4, 0.5) is 0 Å². The largest absolute Gasteiger partial charge is 0.379 e. The maximum Gasteiger partial charge on any atom is 0.0594 e. The molecule has 0 radical (unpaired) electrons. The molecule has 1 rings (SSSR count). The zero-order chi connectivity index (χ0) is 12.7. The third-order valence-corrected chi connectivity index (χ3v) is 3.98. The van der Waals surface area contributed by atoms with Gasteiger partial charge in [0.2, 0.25) is 0 Å². The molecular formula is C14H30N2O. The van der Waals surface area contributed by atoms with Gasteiger partial charge in [-0.1, -0.05) is 26.7 Å². The van der Waals surface area contributed by atoms with Gasteiger partial charge in [0.1, 0.15) is 0 Å². The van der Waals surface area contributed by atoms with Crippen LogP contribution in [0.15, 0.2) is 0 Å². The van der Waals surface area contributed by atoms with Gasteiger partial charge in [0, 0.05) is 24.7 Å². The highest BCUT2D eigenvalue weighted by Crippen LogP contribution is 2.23. The Kier molecular flexibility index (Phi) is 6.45. The molecule has 1 fully saturated rings. The summed E-state index contributed by atoms with van der Waals surface area (Å²) in [5, 5.41) is 3.67.